The molecule has 2 aliphatic heterocycles. The van der Waals surface area contributed by atoms with E-state index in [2.05, 4.69) is 18.2 Å². The van der Waals surface area contributed by atoms with E-state index in [-0.39, 0.29) is 6.61 Å². The summed E-state index contributed by atoms with van der Waals surface area (Å²) < 4.78 is 9.21. The zero-order valence-corrected chi connectivity index (χ0v) is 8.58. The molecule has 78 valence electrons. The fraction of sp³-hybridized carbons (Fsp3) is 0.800. The van der Waals surface area contributed by atoms with Crippen LogP contribution in [0.4, 0.5) is 0 Å². The van der Waals surface area contributed by atoms with Gasteiger partial charge in [-0.05, 0) is 20.3 Å². The molecule has 0 aliphatic carbocycles. The molecule has 0 radical (unpaired) electrons. The summed E-state index contributed by atoms with van der Waals surface area (Å²) in [5.41, 5.74) is 1.04. The van der Waals surface area contributed by atoms with Crippen molar-refractivity contribution in [3.63, 3.8) is 0 Å². The van der Waals surface area contributed by atoms with Gasteiger partial charge in [-0.2, -0.15) is 0 Å². The van der Waals surface area contributed by atoms with E-state index in [4.69, 9.17) is 9.84 Å². The smallest absolute Gasteiger partial charge is 0.0781 e. The predicted molar refractivity (Wildman–Crippen MR) is 52.7 cm³/mol. The van der Waals surface area contributed by atoms with E-state index in [1.54, 1.807) is 0 Å². The second-order valence-electron chi connectivity index (χ2n) is 3.19. The van der Waals surface area contributed by atoms with Crippen LogP contribution < -0.4 is 0 Å². The van der Waals surface area contributed by atoms with Crippen molar-refractivity contribution in [3.05, 3.63) is 12.2 Å². The quantitative estimate of drug-likeness (QED) is 0.526. The van der Waals surface area contributed by atoms with Gasteiger partial charge in [0.15, 0.2) is 0 Å². The molecule has 0 aromatic heterocycles. The van der Waals surface area contributed by atoms with Crippen molar-refractivity contribution in [2.24, 2.45) is 0 Å². The SMILES string of the molecule is C1CO1.C=C(C)CCO.CC1CO1. The van der Waals surface area contributed by atoms with E-state index in [1.807, 2.05) is 6.92 Å². The minimum absolute atomic E-state index is 0.231. The highest BCUT2D eigenvalue weighted by atomic mass is 16.6. The molecule has 1 N–H and O–H groups in total. The Hall–Kier alpha value is -0.380. The van der Waals surface area contributed by atoms with Crippen LogP contribution >= 0.6 is 0 Å². The lowest BCUT2D eigenvalue weighted by Gasteiger charge is -1.87. The van der Waals surface area contributed by atoms with Crippen LogP contribution in [0.1, 0.15) is 20.3 Å². The Morgan fingerprint density at radius 1 is 1.54 bits per heavy atom. The first-order valence-electron chi connectivity index (χ1n) is 4.61. The van der Waals surface area contributed by atoms with Gasteiger partial charge in [-0.3, -0.25) is 0 Å². The first-order valence-corrected chi connectivity index (χ1v) is 4.61. The van der Waals surface area contributed by atoms with Crippen molar-refractivity contribution in [1.82, 2.24) is 0 Å². The molecule has 2 fully saturated rings. The molecule has 0 saturated carbocycles. The molecular weight excluding hydrogens is 168 g/mol. The summed E-state index contributed by atoms with van der Waals surface area (Å²) in [6.45, 7) is 10.8. The number of hydrogen-bond donors (Lipinski definition) is 1. The standard InChI is InChI=1S/C5H10O.C3H6O.C2H4O/c1-5(2)3-4-6;1-3-2-4-3;1-2-3-1/h6H,1,3-4H2,2H3;3H,2H2,1H3;1-2H2. The Morgan fingerprint density at radius 3 is 1.92 bits per heavy atom. The van der Waals surface area contributed by atoms with Crippen LogP contribution in [0.3, 0.4) is 0 Å². The Labute approximate surface area is 80.4 Å². The monoisotopic (exact) mass is 188 g/mol. The van der Waals surface area contributed by atoms with Crippen molar-refractivity contribution in [2.45, 2.75) is 26.4 Å². The highest BCUT2D eigenvalue weighted by molar-refractivity contribution is 4.86. The molecule has 0 aromatic carbocycles. The van der Waals surface area contributed by atoms with Crippen molar-refractivity contribution in [3.8, 4) is 0 Å². The van der Waals surface area contributed by atoms with Gasteiger partial charge in [0.05, 0.1) is 25.9 Å². The lowest BCUT2D eigenvalue weighted by Crippen LogP contribution is -1.79. The van der Waals surface area contributed by atoms with Crippen LogP contribution in [0, 0.1) is 0 Å². The van der Waals surface area contributed by atoms with Gasteiger partial charge in [0.2, 0.25) is 0 Å². The molecule has 0 aromatic rings. The molecule has 3 heteroatoms. The number of rotatable bonds is 2. The molecule has 3 nitrogen and oxygen atoms in total. The topological polar surface area (TPSA) is 45.3 Å². The highest BCUT2D eigenvalue weighted by Crippen LogP contribution is 2.04. The summed E-state index contributed by atoms with van der Waals surface area (Å²) in [4.78, 5) is 0. The summed E-state index contributed by atoms with van der Waals surface area (Å²) in [6, 6.07) is 0. The number of epoxide rings is 2. The molecule has 2 saturated heterocycles. The average Bonchev–Trinajstić information content (AvgIpc) is 2.84. The first kappa shape index (κ1) is 12.6. The molecule has 0 bridgehead atoms. The first-order chi connectivity index (χ1) is 6.16. The van der Waals surface area contributed by atoms with E-state index in [9.17, 15) is 0 Å². The van der Waals surface area contributed by atoms with Crippen molar-refractivity contribution >= 4 is 0 Å². The van der Waals surface area contributed by atoms with Crippen molar-refractivity contribution in [2.75, 3.05) is 26.4 Å². The number of ether oxygens (including phenoxy) is 2. The van der Waals surface area contributed by atoms with Crippen LogP contribution in [-0.4, -0.2) is 37.6 Å². The van der Waals surface area contributed by atoms with Gasteiger partial charge in [-0.25, -0.2) is 0 Å². The van der Waals surface area contributed by atoms with Gasteiger partial charge < -0.3 is 14.6 Å². The zero-order valence-electron chi connectivity index (χ0n) is 8.58. The van der Waals surface area contributed by atoms with Crippen LogP contribution in [0.2, 0.25) is 0 Å². The Morgan fingerprint density at radius 2 is 1.92 bits per heavy atom. The number of hydrogen-bond acceptors (Lipinski definition) is 3. The summed E-state index contributed by atoms with van der Waals surface area (Å²) in [6.07, 6.45) is 1.32. The second-order valence-corrected chi connectivity index (χ2v) is 3.19. The van der Waals surface area contributed by atoms with Gasteiger partial charge in [0, 0.05) is 6.61 Å². The molecule has 0 spiro atoms. The van der Waals surface area contributed by atoms with E-state index in [0.29, 0.717) is 6.10 Å². The minimum atomic E-state index is 0.231. The van der Waals surface area contributed by atoms with Crippen LogP contribution in [0.15, 0.2) is 12.2 Å². The van der Waals surface area contributed by atoms with E-state index < -0.39 is 0 Å². The predicted octanol–water partition coefficient (Wildman–Crippen LogP) is 1.37. The van der Waals surface area contributed by atoms with Crippen LogP contribution in [0.25, 0.3) is 0 Å². The second kappa shape index (κ2) is 8.23. The van der Waals surface area contributed by atoms with E-state index in [0.717, 1.165) is 31.8 Å². The molecule has 2 heterocycles. The van der Waals surface area contributed by atoms with Gasteiger partial charge >= 0.3 is 0 Å². The highest BCUT2D eigenvalue weighted by Gasteiger charge is 2.13. The number of aliphatic hydroxyl groups is 1. The molecular formula is C10H20O3. The maximum Gasteiger partial charge on any atom is 0.0781 e. The Bertz CT molecular complexity index is 125. The molecule has 0 amide bonds. The Kier molecular flexibility index (Phi) is 7.99. The maximum absolute atomic E-state index is 8.18. The molecule has 2 rings (SSSR count). The molecule has 1 atom stereocenters. The lowest BCUT2D eigenvalue weighted by atomic mass is 10.3. The minimum Gasteiger partial charge on any atom is -0.396 e. The van der Waals surface area contributed by atoms with Crippen molar-refractivity contribution < 1.29 is 14.6 Å². The normalized spacial score (nSPS) is 21.6. The van der Waals surface area contributed by atoms with Gasteiger partial charge in [-0.1, -0.05) is 5.57 Å². The van der Waals surface area contributed by atoms with Crippen LogP contribution in [0.5, 0.6) is 0 Å². The molecule has 1 unspecified atom stereocenters. The molecule has 13 heavy (non-hydrogen) atoms. The van der Waals surface area contributed by atoms with Crippen LogP contribution in [-0.2, 0) is 9.47 Å². The summed E-state index contributed by atoms with van der Waals surface area (Å²) in [5.74, 6) is 0. The third-order valence-corrected chi connectivity index (χ3v) is 1.24. The fourth-order valence-electron chi connectivity index (χ4n) is 0.287. The van der Waals surface area contributed by atoms with E-state index in [1.165, 1.54) is 0 Å². The third kappa shape index (κ3) is 24.5. The summed E-state index contributed by atoms with van der Waals surface area (Å²) in [7, 11) is 0. The Balaban J connectivity index is 0.000000175. The zero-order chi connectivity index (χ0) is 10.1. The van der Waals surface area contributed by atoms with Gasteiger partial charge in [0.1, 0.15) is 0 Å². The van der Waals surface area contributed by atoms with Crippen molar-refractivity contribution in [1.29, 1.82) is 0 Å². The summed E-state index contributed by atoms with van der Waals surface area (Å²) >= 11 is 0. The summed E-state index contributed by atoms with van der Waals surface area (Å²) in [5, 5.41) is 8.18. The average molecular weight is 188 g/mol. The van der Waals surface area contributed by atoms with E-state index >= 15 is 0 Å². The van der Waals surface area contributed by atoms with Gasteiger partial charge in [0.25, 0.3) is 0 Å². The van der Waals surface area contributed by atoms with Gasteiger partial charge in [-0.15, -0.1) is 6.58 Å². The maximum atomic E-state index is 8.18. The molecule has 2 aliphatic rings. The number of aliphatic hydroxyl groups excluding tert-OH is 1. The fourth-order valence-corrected chi connectivity index (χ4v) is 0.287. The largest absolute Gasteiger partial charge is 0.396 e. The lowest BCUT2D eigenvalue weighted by molar-refractivity contribution is 0.299. The third-order valence-electron chi connectivity index (χ3n) is 1.24.